The fourth-order valence-corrected chi connectivity index (χ4v) is 1.99. The molecule has 0 aliphatic heterocycles. The van der Waals surface area contributed by atoms with E-state index in [0.29, 0.717) is 23.6 Å². The minimum absolute atomic E-state index is 0.239. The van der Waals surface area contributed by atoms with E-state index in [2.05, 4.69) is 0 Å². The van der Waals surface area contributed by atoms with E-state index in [0.717, 1.165) is 11.1 Å². The predicted molar refractivity (Wildman–Crippen MR) is 76.6 cm³/mol. The molecule has 19 heavy (non-hydrogen) atoms. The zero-order valence-corrected chi connectivity index (χ0v) is 11.5. The number of benzene rings is 2. The highest BCUT2D eigenvalue weighted by atomic mass is 35.5. The summed E-state index contributed by atoms with van der Waals surface area (Å²) in [5.41, 5.74) is 2.07. The summed E-state index contributed by atoms with van der Waals surface area (Å²) in [7, 11) is 0. The van der Waals surface area contributed by atoms with Crippen molar-refractivity contribution < 1.29 is 9.53 Å². The van der Waals surface area contributed by atoms with Crippen LogP contribution in [0, 0.1) is 0 Å². The van der Waals surface area contributed by atoms with Gasteiger partial charge in [-0.1, -0.05) is 48.9 Å². The molecule has 98 valence electrons. The summed E-state index contributed by atoms with van der Waals surface area (Å²) >= 11 is 6.01. The molecular weight excluding hydrogens is 260 g/mol. The van der Waals surface area contributed by atoms with E-state index < -0.39 is 0 Å². The topological polar surface area (TPSA) is 26.3 Å². The lowest BCUT2D eigenvalue weighted by atomic mass is 10.0. The van der Waals surface area contributed by atoms with Crippen LogP contribution in [0.2, 0.25) is 5.02 Å². The van der Waals surface area contributed by atoms with E-state index in [9.17, 15) is 4.79 Å². The molecule has 2 rings (SSSR count). The lowest BCUT2D eigenvalue weighted by molar-refractivity contribution is -0.134. The first-order chi connectivity index (χ1) is 9.19. The standard InChI is InChI=1S/C16H15ClO2/c1-2-16(18)19-15-9-8-14(17)11-13(15)10-12-6-4-3-5-7-12/h3-9,11H,2,10H2,1H3. The average Bonchev–Trinajstić information content (AvgIpc) is 2.43. The van der Waals surface area contributed by atoms with Gasteiger partial charge in [-0.3, -0.25) is 4.79 Å². The molecule has 0 aliphatic rings. The third-order valence-electron chi connectivity index (χ3n) is 2.77. The van der Waals surface area contributed by atoms with Crippen LogP contribution in [0.15, 0.2) is 48.5 Å². The maximum absolute atomic E-state index is 11.4. The summed E-state index contributed by atoms with van der Waals surface area (Å²) in [6.07, 6.45) is 1.04. The third kappa shape index (κ3) is 3.83. The quantitative estimate of drug-likeness (QED) is 0.615. The van der Waals surface area contributed by atoms with Gasteiger partial charge in [0.2, 0.25) is 0 Å². The lowest BCUT2D eigenvalue weighted by Crippen LogP contribution is -2.07. The maximum atomic E-state index is 11.4. The van der Waals surface area contributed by atoms with Crippen molar-refractivity contribution in [2.45, 2.75) is 19.8 Å². The van der Waals surface area contributed by atoms with Gasteiger partial charge < -0.3 is 4.74 Å². The Hall–Kier alpha value is -1.80. The van der Waals surface area contributed by atoms with Gasteiger partial charge in [0.1, 0.15) is 5.75 Å². The molecular formula is C16H15ClO2. The lowest BCUT2D eigenvalue weighted by Gasteiger charge is -2.10. The van der Waals surface area contributed by atoms with Gasteiger partial charge in [0.15, 0.2) is 0 Å². The Morgan fingerprint density at radius 3 is 2.58 bits per heavy atom. The Kier molecular flexibility index (Phi) is 4.58. The van der Waals surface area contributed by atoms with Crippen molar-refractivity contribution >= 4 is 17.6 Å². The van der Waals surface area contributed by atoms with Gasteiger partial charge in [-0.15, -0.1) is 0 Å². The van der Waals surface area contributed by atoms with Gasteiger partial charge in [-0.2, -0.15) is 0 Å². The minimum atomic E-state index is -0.239. The molecule has 3 heteroatoms. The van der Waals surface area contributed by atoms with E-state index in [1.165, 1.54) is 0 Å². The summed E-state index contributed by atoms with van der Waals surface area (Å²) in [6.45, 7) is 1.77. The van der Waals surface area contributed by atoms with Gasteiger partial charge in [-0.05, 0) is 23.8 Å². The van der Waals surface area contributed by atoms with Crippen molar-refractivity contribution in [2.75, 3.05) is 0 Å². The number of carbonyl (C=O) groups excluding carboxylic acids is 1. The molecule has 0 spiro atoms. The maximum Gasteiger partial charge on any atom is 0.310 e. The molecule has 0 atom stereocenters. The summed E-state index contributed by atoms with van der Waals surface area (Å²) in [5, 5.41) is 0.641. The molecule has 0 aromatic heterocycles. The third-order valence-corrected chi connectivity index (χ3v) is 3.01. The molecule has 0 unspecified atom stereocenters. The van der Waals surface area contributed by atoms with Crippen molar-refractivity contribution in [2.24, 2.45) is 0 Å². The van der Waals surface area contributed by atoms with Crippen LogP contribution in [0.25, 0.3) is 0 Å². The fraction of sp³-hybridized carbons (Fsp3) is 0.188. The van der Waals surface area contributed by atoms with E-state index in [4.69, 9.17) is 16.3 Å². The predicted octanol–water partition coefficient (Wildman–Crippen LogP) is 4.25. The van der Waals surface area contributed by atoms with Crippen LogP contribution >= 0.6 is 11.6 Å². The zero-order chi connectivity index (χ0) is 13.7. The largest absolute Gasteiger partial charge is 0.426 e. The highest BCUT2D eigenvalue weighted by Crippen LogP contribution is 2.25. The molecule has 0 fully saturated rings. The van der Waals surface area contributed by atoms with Crippen molar-refractivity contribution in [1.82, 2.24) is 0 Å². The second-order valence-electron chi connectivity index (χ2n) is 4.24. The number of esters is 1. The molecule has 2 aromatic rings. The molecule has 0 bridgehead atoms. The zero-order valence-electron chi connectivity index (χ0n) is 10.7. The van der Waals surface area contributed by atoms with Crippen molar-refractivity contribution in [3.05, 3.63) is 64.7 Å². The summed E-state index contributed by atoms with van der Waals surface area (Å²) in [6, 6.07) is 15.3. The number of carbonyl (C=O) groups is 1. The van der Waals surface area contributed by atoms with Crippen molar-refractivity contribution in [3.63, 3.8) is 0 Å². The molecule has 0 saturated carbocycles. The van der Waals surface area contributed by atoms with Crippen LogP contribution in [0.1, 0.15) is 24.5 Å². The first kappa shape index (κ1) is 13.6. The first-order valence-electron chi connectivity index (χ1n) is 6.22. The van der Waals surface area contributed by atoms with Gasteiger partial charge in [0, 0.05) is 23.4 Å². The summed E-state index contributed by atoms with van der Waals surface area (Å²) in [4.78, 5) is 11.4. The highest BCUT2D eigenvalue weighted by Gasteiger charge is 2.09. The average molecular weight is 275 g/mol. The van der Waals surface area contributed by atoms with Gasteiger partial charge in [-0.25, -0.2) is 0 Å². The Bertz CT molecular complexity index is 564. The minimum Gasteiger partial charge on any atom is -0.426 e. The van der Waals surface area contributed by atoms with Crippen LogP contribution in [0.5, 0.6) is 5.75 Å². The molecule has 2 aromatic carbocycles. The number of hydrogen-bond acceptors (Lipinski definition) is 2. The molecule has 0 amide bonds. The fourth-order valence-electron chi connectivity index (χ4n) is 1.80. The van der Waals surface area contributed by atoms with Crippen LogP contribution in [-0.2, 0) is 11.2 Å². The number of halogens is 1. The SMILES string of the molecule is CCC(=O)Oc1ccc(Cl)cc1Cc1ccccc1. The van der Waals surface area contributed by atoms with Gasteiger partial charge in [0.25, 0.3) is 0 Å². The van der Waals surface area contributed by atoms with Crippen molar-refractivity contribution in [1.29, 1.82) is 0 Å². The van der Waals surface area contributed by atoms with E-state index in [-0.39, 0.29) is 5.97 Å². The van der Waals surface area contributed by atoms with Crippen LogP contribution in [0.3, 0.4) is 0 Å². The molecule has 0 N–H and O–H groups in total. The van der Waals surface area contributed by atoms with E-state index >= 15 is 0 Å². The monoisotopic (exact) mass is 274 g/mol. The molecule has 0 saturated heterocycles. The Morgan fingerprint density at radius 1 is 1.16 bits per heavy atom. The molecule has 0 heterocycles. The first-order valence-corrected chi connectivity index (χ1v) is 6.60. The number of rotatable bonds is 4. The highest BCUT2D eigenvalue weighted by molar-refractivity contribution is 6.30. The van der Waals surface area contributed by atoms with E-state index in [1.807, 2.05) is 36.4 Å². The molecule has 0 radical (unpaired) electrons. The number of hydrogen-bond donors (Lipinski definition) is 0. The van der Waals surface area contributed by atoms with E-state index in [1.54, 1.807) is 19.1 Å². The van der Waals surface area contributed by atoms with Crippen LogP contribution < -0.4 is 4.74 Å². The number of ether oxygens (including phenoxy) is 1. The smallest absolute Gasteiger partial charge is 0.310 e. The van der Waals surface area contributed by atoms with Crippen LogP contribution in [0.4, 0.5) is 0 Å². The van der Waals surface area contributed by atoms with Gasteiger partial charge in [0.05, 0.1) is 0 Å². The Labute approximate surface area is 118 Å². The van der Waals surface area contributed by atoms with Crippen LogP contribution in [-0.4, -0.2) is 5.97 Å². The normalized spacial score (nSPS) is 10.2. The Morgan fingerprint density at radius 2 is 1.89 bits per heavy atom. The summed E-state index contributed by atoms with van der Waals surface area (Å²) < 4.78 is 5.32. The molecule has 2 nitrogen and oxygen atoms in total. The Balaban J connectivity index is 2.27. The second kappa shape index (κ2) is 6.39. The van der Waals surface area contributed by atoms with Crippen molar-refractivity contribution in [3.8, 4) is 5.75 Å². The second-order valence-corrected chi connectivity index (χ2v) is 4.68. The van der Waals surface area contributed by atoms with Gasteiger partial charge >= 0.3 is 5.97 Å². The summed E-state index contributed by atoms with van der Waals surface area (Å²) in [5.74, 6) is 0.344. The molecule has 0 aliphatic carbocycles.